The molecule has 2 heterocycles. The Hall–Kier alpha value is -0.950. The third-order valence-electron chi connectivity index (χ3n) is 3.92. The van der Waals surface area contributed by atoms with Crippen LogP contribution in [-0.4, -0.2) is 47.8 Å². The smallest absolute Gasteiger partial charge is 0.150 e. The van der Waals surface area contributed by atoms with Crippen molar-refractivity contribution in [1.82, 2.24) is 20.1 Å². The maximum absolute atomic E-state index is 11.5. The summed E-state index contributed by atoms with van der Waals surface area (Å²) in [5.74, 6) is 1.91. The second-order valence-corrected chi connectivity index (χ2v) is 8.14. The zero-order valence-corrected chi connectivity index (χ0v) is 13.2. The molecule has 1 N–H and O–H groups in total. The van der Waals surface area contributed by atoms with Crippen LogP contribution in [0.3, 0.4) is 0 Å². The summed E-state index contributed by atoms with van der Waals surface area (Å²) in [6, 6.07) is 0.534. The van der Waals surface area contributed by atoms with Gasteiger partial charge in [0.15, 0.2) is 9.84 Å². The number of rotatable bonds is 6. The third-order valence-corrected chi connectivity index (χ3v) is 5.76. The van der Waals surface area contributed by atoms with Crippen LogP contribution in [0.4, 0.5) is 0 Å². The van der Waals surface area contributed by atoms with Crippen LogP contribution in [-0.2, 0) is 16.3 Å². The van der Waals surface area contributed by atoms with E-state index in [1.54, 1.807) is 6.33 Å². The lowest BCUT2D eigenvalue weighted by molar-refractivity contribution is 0.404. The summed E-state index contributed by atoms with van der Waals surface area (Å²) < 4.78 is 25.0. The Balaban J connectivity index is 1.97. The van der Waals surface area contributed by atoms with E-state index in [0.29, 0.717) is 11.5 Å². The number of hydrogen-bond donors (Lipinski definition) is 1. The van der Waals surface area contributed by atoms with Gasteiger partial charge in [-0.15, -0.1) is 0 Å². The number of hydrogen-bond acceptors (Lipinski definition) is 5. The number of likely N-dealkylation sites (N-methyl/N-ethyl adjacent to an activating group) is 1. The van der Waals surface area contributed by atoms with E-state index in [0.717, 1.165) is 25.1 Å². The molecule has 114 valence electrons. The fraction of sp³-hybridized carbons (Fsp3) is 0.846. The molecule has 2 atom stereocenters. The summed E-state index contributed by atoms with van der Waals surface area (Å²) >= 11 is 0. The molecule has 6 nitrogen and oxygen atoms in total. The first kappa shape index (κ1) is 15.4. The molecule has 1 aromatic rings. The van der Waals surface area contributed by atoms with Crippen molar-refractivity contribution in [1.29, 1.82) is 0 Å². The van der Waals surface area contributed by atoms with E-state index in [4.69, 9.17) is 0 Å². The Labute approximate surface area is 120 Å². The van der Waals surface area contributed by atoms with Crippen LogP contribution in [0.25, 0.3) is 0 Å². The topological polar surface area (TPSA) is 76.9 Å². The van der Waals surface area contributed by atoms with Crippen molar-refractivity contribution in [3.05, 3.63) is 12.2 Å². The molecule has 0 aliphatic carbocycles. The number of nitrogens with zero attached hydrogens (tertiary/aromatic N) is 3. The number of sulfone groups is 1. The van der Waals surface area contributed by atoms with Crippen molar-refractivity contribution in [2.24, 2.45) is 5.92 Å². The van der Waals surface area contributed by atoms with Gasteiger partial charge >= 0.3 is 0 Å². The van der Waals surface area contributed by atoms with Crippen molar-refractivity contribution in [2.45, 2.75) is 45.2 Å². The van der Waals surface area contributed by atoms with E-state index in [-0.39, 0.29) is 18.0 Å². The van der Waals surface area contributed by atoms with Gasteiger partial charge in [-0.2, -0.15) is 5.10 Å². The Morgan fingerprint density at radius 3 is 2.80 bits per heavy atom. The van der Waals surface area contributed by atoms with Gasteiger partial charge < -0.3 is 5.32 Å². The van der Waals surface area contributed by atoms with Gasteiger partial charge in [0.25, 0.3) is 0 Å². The molecule has 0 bridgehead atoms. The number of aromatic nitrogens is 3. The van der Waals surface area contributed by atoms with Crippen molar-refractivity contribution < 1.29 is 8.42 Å². The van der Waals surface area contributed by atoms with Crippen LogP contribution in [0, 0.1) is 5.92 Å². The fourth-order valence-electron chi connectivity index (χ4n) is 2.84. The lowest BCUT2D eigenvalue weighted by Crippen LogP contribution is -2.32. The minimum atomic E-state index is -2.79. The molecule has 1 aliphatic heterocycles. The van der Waals surface area contributed by atoms with Crippen molar-refractivity contribution in [3.63, 3.8) is 0 Å². The lowest BCUT2D eigenvalue weighted by Gasteiger charge is -2.20. The Morgan fingerprint density at radius 2 is 2.25 bits per heavy atom. The Kier molecular flexibility index (Phi) is 4.80. The standard InChI is InChI=1S/C13H24N4O2S/c1-10(2)17-13(15-9-16-17)7-12(14-3)6-11-4-5-20(18,19)8-11/h9-12,14H,4-8H2,1-3H3. The highest BCUT2D eigenvalue weighted by Gasteiger charge is 2.29. The van der Waals surface area contributed by atoms with Crippen LogP contribution in [0.1, 0.15) is 38.6 Å². The molecule has 1 aromatic heterocycles. The lowest BCUT2D eigenvalue weighted by atomic mass is 9.97. The monoisotopic (exact) mass is 300 g/mol. The van der Waals surface area contributed by atoms with E-state index in [2.05, 4.69) is 29.2 Å². The van der Waals surface area contributed by atoms with Crippen molar-refractivity contribution in [2.75, 3.05) is 18.6 Å². The van der Waals surface area contributed by atoms with E-state index in [1.165, 1.54) is 0 Å². The zero-order chi connectivity index (χ0) is 14.8. The summed E-state index contributed by atoms with van der Waals surface area (Å²) in [4.78, 5) is 4.32. The first-order valence-corrected chi connectivity index (χ1v) is 8.99. The van der Waals surface area contributed by atoms with Gasteiger partial charge in [-0.1, -0.05) is 0 Å². The normalized spacial score (nSPS) is 23.3. The Bertz CT molecular complexity index is 538. The molecule has 7 heteroatoms. The quantitative estimate of drug-likeness (QED) is 0.841. The maximum atomic E-state index is 11.5. The average molecular weight is 300 g/mol. The number of nitrogens with one attached hydrogen (secondary N) is 1. The van der Waals surface area contributed by atoms with Crippen LogP contribution in [0.2, 0.25) is 0 Å². The fourth-order valence-corrected chi connectivity index (χ4v) is 4.72. The second-order valence-electron chi connectivity index (χ2n) is 5.91. The highest BCUT2D eigenvalue weighted by Crippen LogP contribution is 2.24. The Morgan fingerprint density at radius 1 is 1.50 bits per heavy atom. The van der Waals surface area contributed by atoms with Gasteiger partial charge in [0.2, 0.25) is 0 Å². The highest BCUT2D eigenvalue weighted by atomic mass is 32.2. The highest BCUT2D eigenvalue weighted by molar-refractivity contribution is 7.91. The molecule has 1 fully saturated rings. The van der Waals surface area contributed by atoms with E-state index in [1.807, 2.05) is 11.7 Å². The molecular weight excluding hydrogens is 276 g/mol. The molecule has 2 rings (SSSR count). The summed E-state index contributed by atoms with van der Waals surface area (Å²) in [5, 5.41) is 7.52. The molecule has 0 spiro atoms. The third kappa shape index (κ3) is 3.79. The van der Waals surface area contributed by atoms with Gasteiger partial charge in [-0.05, 0) is 39.7 Å². The summed E-state index contributed by atoms with van der Waals surface area (Å²) in [5.41, 5.74) is 0. The molecule has 2 unspecified atom stereocenters. The van der Waals surface area contributed by atoms with Gasteiger partial charge in [-0.25, -0.2) is 18.1 Å². The van der Waals surface area contributed by atoms with E-state index in [9.17, 15) is 8.42 Å². The van der Waals surface area contributed by atoms with E-state index >= 15 is 0 Å². The van der Waals surface area contributed by atoms with Crippen LogP contribution in [0.5, 0.6) is 0 Å². The summed E-state index contributed by atoms with van der Waals surface area (Å²) in [6.07, 6.45) is 4.03. The molecule has 1 aliphatic rings. The first-order valence-electron chi connectivity index (χ1n) is 7.17. The average Bonchev–Trinajstić information content (AvgIpc) is 2.95. The summed E-state index contributed by atoms with van der Waals surface area (Å²) in [6.45, 7) is 4.16. The predicted octanol–water partition coefficient (Wildman–Crippen LogP) is 0.814. The van der Waals surface area contributed by atoms with E-state index < -0.39 is 9.84 Å². The zero-order valence-electron chi connectivity index (χ0n) is 12.4. The molecule has 0 amide bonds. The molecule has 0 saturated carbocycles. The molecule has 0 aromatic carbocycles. The molecule has 1 saturated heterocycles. The summed E-state index contributed by atoms with van der Waals surface area (Å²) in [7, 11) is -0.873. The van der Waals surface area contributed by atoms with Crippen LogP contribution >= 0.6 is 0 Å². The van der Waals surface area contributed by atoms with Gasteiger partial charge in [0, 0.05) is 18.5 Å². The minimum absolute atomic E-state index is 0.245. The molecule has 20 heavy (non-hydrogen) atoms. The minimum Gasteiger partial charge on any atom is -0.317 e. The predicted molar refractivity (Wildman–Crippen MR) is 78.3 cm³/mol. The van der Waals surface area contributed by atoms with Gasteiger partial charge in [0.1, 0.15) is 12.2 Å². The van der Waals surface area contributed by atoms with Crippen molar-refractivity contribution in [3.8, 4) is 0 Å². The van der Waals surface area contributed by atoms with Gasteiger partial charge in [0.05, 0.1) is 11.5 Å². The molecule has 0 radical (unpaired) electrons. The largest absolute Gasteiger partial charge is 0.317 e. The second kappa shape index (κ2) is 6.22. The van der Waals surface area contributed by atoms with Crippen LogP contribution in [0.15, 0.2) is 6.33 Å². The van der Waals surface area contributed by atoms with Crippen LogP contribution < -0.4 is 5.32 Å². The SMILES string of the molecule is CNC(Cc1ncnn1C(C)C)CC1CCS(=O)(=O)C1. The maximum Gasteiger partial charge on any atom is 0.150 e. The van der Waals surface area contributed by atoms with Crippen molar-refractivity contribution >= 4 is 9.84 Å². The van der Waals surface area contributed by atoms with Gasteiger partial charge in [-0.3, -0.25) is 0 Å². The first-order chi connectivity index (χ1) is 9.41. The molecular formula is C13H24N4O2S.